The molecule has 0 atom stereocenters. The molecule has 0 bridgehead atoms. The Hall–Kier alpha value is -1.44. The van der Waals surface area contributed by atoms with Gasteiger partial charge in [0.05, 0.1) is 12.3 Å². The minimum atomic E-state index is -5.00. The second kappa shape index (κ2) is 4.20. The number of rotatable bonds is 2. The molecule has 0 unspecified atom stereocenters. The summed E-state index contributed by atoms with van der Waals surface area (Å²) in [4.78, 5) is 3.02. The Labute approximate surface area is 86.7 Å². The number of halogens is 5. The Morgan fingerprint density at radius 2 is 1.94 bits per heavy atom. The molecular weight excluding hydrogens is 235 g/mol. The van der Waals surface area contributed by atoms with Crippen LogP contribution in [-0.2, 0) is 12.8 Å². The number of aliphatic hydroxyl groups excluding tert-OH is 1. The molecule has 1 rings (SSSR count). The van der Waals surface area contributed by atoms with Crippen LogP contribution >= 0.6 is 0 Å². The van der Waals surface area contributed by atoms with Crippen molar-refractivity contribution in [3.63, 3.8) is 0 Å². The van der Waals surface area contributed by atoms with Crippen molar-refractivity contribution < 1.29 is 27.1 Å². The third-order valence-corrected chi connectivity index (χ3v) is 1.78. The van der Waals surface area contributed by atoms with Crippen molar-refractivity contribution in [2.75, 3.05) is 5.73 Å². The fourth-order valence-electron chi connectivity index (χ4n) is 1.19. The highest BCUT2D eigenvalue weighted by Gasteiger charge is 2.39. The van der Waals surface area contributed by atoms with Gasteiger partial charge >= 0.3 is 6.18 Å². The number of pyridine rings is 1. The molecule has 1 aromatic heterocycles. The Bertz CT molecular complexity index is 391. The van der Waals surface area contributed by atoms with Gasteiger partial charge in [-0.15, -0.1) is 0 Å². The largest absolute Gasteiger partial charge is 0.420 e. The fourth-order valence-corrected chi connectivity index (χ4v) is 1.19. The molecule has 0 aliphatic carbocycles. The van der Waals surface area contributed by atoms with Gasteiger partial charge in [-0.3, -0.25) is 0 Å². The summed E-state index contributed by atoms with van der Waals surface area (Å²) >= 11 is 0. The topological polar surface area (TPSA) is 59.1 Å². The van der Waals surface area contributed by atoms with Crippen molar-refractivity contribution in [1.29, 1.82) is 0 Å². The molecule has 1 heterocycles. The molecule has 0 saturated carbocycles. The van der Waals surface area contributed by atoms with Crippen LogP contribution < -0.4 is 5.73 Å². The Kier molecular flexibility index (Phi) is 3.32. The van der Waals surface area contributed by atoms with E-state index in [1.807, 2.05) is 0 Å². The van der Waals surface area contributed by atoms with Crippen LogP contribution in [0.15, 0.2) is 6.07 Å². The number of nitrogens with zero attached hydrogens (tertiary/aromatic N) is 1. The first-order chi connectivity index (χ1) is 7.27. The Balaban J connectivity index is 3.46. The standard InChI is InChI=1S/C8H7F5N2O/c9-7(10)6-5(8(11,12)13)4(14)1-3(2-16)15-6/h1,7,16H,2H2,(H2,14,15). The van der Waals surface area contributed by atoms with Gasteiger partial charge in [-0.25, -0.2) is 13.8 Å². The molecule has 0 spiro atoms. The first-order valence-corrected chi connectivity index (χ1v) is 4.03. The second-order valence-corrected chi connectivity index (χ2v) is 2.92. The van der Waals surface area contributed by atoms with E-state index in [2.05, 4.69) is 4.98 Å². The maximum Gasteiger partial charge on any atom is 0.420 e. The summed E-state index contributed by atoms with van der Waals surface area (Å²) in [7, 11) is 0. The number of hydrogen-bond acceptors (Lipinski definition) is 3. The number of anilines is 1. The van der Waals surface area contributed by atoms with E-state index in [0.29, 0.717) is 6.07 Å². The van der Waals surface area contributed by atoms with E-state index >= 15 is 0 Å². The van der Waals surface area contributed by atoms with Gasteiger partial charge in [0, 0.05) is 5.69 Å². The lowest BCUT2D eigenvalue weighted by molar-refractivity contribution is -0.139. The van der Waals surface area contributed by atoms with E-state index in [9.17, 15) is 22.0 Å². The summed E-state index contributed by atoms with van der Waals surface area (Å²) in [5.41, 5.74) is 0.697. The molecule has 3 N–H and O–H groups in total. The van der Waals surface area contributed by atoms with Crippen molar-refractivity contribution in [2.24, 2.45) is 0 Å². The minimum absolute atomic E-state index is 0.333. The average molecular weight is 242 g/mol. The van der Waals surface area contributed by atoms with Gasteiger partial charge in [0.25, 0.3) is 6.43 Å². The predicted molar refractivity (Wildman–Crippen MR) is 44.5 cm³/mol. The molecule has 0 amide bonds. The van der Waals surface area contributed by atoms with Crippen LogP contribution in [-0.4, -0.2) is 10.1 Å². The van der Waals surface area contributed by atoms with E-state index in [1.54, 1.807) is 0 Å². The number of alkyl halides is 5. The highest BCUT2D eigenvalue weighted by Crippen LogP contribution is 2.39. The van der Waals surface area contributed by atoms with Crippen LogP contribution in [0.3, 0.4) is 0 Å². The highest BCUT2D eigenvalue weighted by molar-refractivity contribution is 5.52. The first-order valence-electron chi connectivity index (χ1n) is 4.03. The van der Waals surface area contributed by atoms with Crippen LogP contribution in [0, 0.1) is 0 Å². The molecule has 0 fully saturated rings. The quantitative estimate of drug-likeness (QED) is 0.781. The molecule has 8 heteroatoms. The second-order valence-electron chi connectivity index (χ2n) is 2.92. The van der Waals surface area contributed by atoms with E-state index in [-0.39, 0.29) is 5.69 Å². The number of aromatic nitrogens is 1. The zero-order valence-corrected chi connectivity index (χ0v) is 7.72. The highest BCUT2D eigenvalue weighted by atomic mass is 19.4. The van der Waals surface area contributed by atoms with Crippen molar-refractivity contribution in [3.8, 4) is 0 Å². The van der Waals surface area contributed by atoms with Crippen molar-refractivity contribution in [3.05, 3.63) is 23.0 Å². The van der Waals surface area contributed by atoms with E-state index < -0.39 is 36.2 Å². The number of aliphatic hydroxyl groups is 1. The number of nitrogens with two attached hydrogens (primary N) is 1. The lowest BCUT2D eigenvalue weighted by atomic mass is 10.1. The minimum Gasteiger partial charge on any atom is -0.398 e. The molecule has 0 radical (unpaired) electrons. The van der Waals surface area contributed by atoms with Crippen LogP contribution in [0.4, 0.5) is 27.6 Å². The maximum absolute atomic E-state index is 12.4. The van der Waals surface area contributed by atoms with Crippen LogP contribution in [0.2, 0.25) is 0 Å². The molecule has 90 valence electrons. The monoisotopic (exact) mass is 242 g/mol. The summed E-state index contributed by atoms with van der Waals surface area (Å²) in [6.45, 7) is -0.762. The van der Waals surface area contributed by atoms with Crippen molar-refractivity contribution >= 4 is 5.69 Å². The molecule has 0 aliphatic rings. The maximum atomic E-state index is 12.4. The fraction of sp³-hybridized carbons (Fsp3) is 0.375. The van der Waals surface area contributed by atoms with E-state index in [0.717, 1.165) is 0 Å². The molecule has 0 saturated heterocycles. The lowest BCUT2D eigenvalue weighted by Gasteiger charge is -2.15. The molecule has 1 aromatic rings. The summed E-state index contributed by atoms with van der Waals surface area (Å²) in [5.74, 6) is 0. The Morgan fingerprint density at radius 3 is 2.31 bits per heavy atom. The number of hydrogen-bond donors (Lipinski definition) is 2. The lowest BCUT2D eigenvalue weighted by Crippen LogP contribution is -2.16. The van der Waals surface area contributed by atoms with Gasteiger partial charge < -0.3 is 10.8 Å². The zero-order chi connectivity index (χ0) is 12.5. The summed E-state index contributed by atoms with van der Waals surface area (Å²) in [6, 6.07) is 0.717. The molecule has 0 aliphatic heterocycles. The van der Waals surface area contributed by atoms with E-state index in [4.69, 9.17) is 10.8 Å². The first kappa shape index (κ1) is 12.6. The summed E-state index contributed by atoms with van der Waals surface area (Å²) < 4.78 is 61.9. The normalized spacial score (nSPS) is 12.2. The van der Waals surface area contributed by atoms with Gasteiger partial charge in [0.1, 0.15) is 11.3 Å². The van der Waals surface area contributed by atoms with E-state index in [1.165, 1.54) is 0 Å². The summed E-state index contributed by atoms with van der Waals surface area (Å²) in [6.07, 6.45) is -8.41. The van der Waals surface area contributed by atoms with Crippen LogP contribution in [0.1, 0.15) is 23.4 Å². The zero-order valence-electron chi connectivity index (χ0n) is 7.72. The molecule has 3 nitrogen and oxygen atoms in total. The average Bonchev–Trinajstić information content (AvgIpc) is 2.14. The summed E-state index contributed by atoms with van der Waals surface area (Å²) in [5, 5.41) is 8.62. The van der Waals surface area contributed by atoms with Gasteiger partial charge in [-0.05, 0) is 6.07 Å². The predicted octanol–water partition coefficient (Wildman–Crippen LogP) is 2.11. The van der Waals surface area contributed by atoms with Gasteiger partial charge in [0.15, 0.2) is 0 Å². The molecular formula is C8H7F5N2O. The third-order valence-electron chi connectivity index (χ3n) is 1.78. The molecule has 0 aromatic carbocycles. The number of nitrogen functional groups attached to an aromatic ring is 1. The van der Waals surface area contributed by atoms with Crippen LogP contribution in [0.25, 0.3) is 0 Å². The van der Waals surface area contributed by atoms with Gasteiger partial charge in [-0.1, -0.05) is 0 Å². The van der Waals surface area contributed by atoms with Gasteiger partial charge in [0.2, 0.25) is 0 Å². The van der Waals surface area contributed by atoms with Crippen LogP contribution in [0.5, 0.6) is 0 Å². The molecule has 16 heavy (non-hydrogen) atoms. The Morgan fingerprint density at radius 1 is 1.38 bits per heavy atom. The SMILES string of the molecule is Nc1cc(CO)nc(C(F)F)c1C(F)(F)F. The van der Waals surface area contributed by atoms with Crippen molar-refractivity contribution in [1.82, 2.24) is 4.98 Å². The third kappa shape index (κ3) is 2.38. The smallest absolute Gasteiger partial charge is 0.398 e. The van der Waals surface area contributed by atoms with Crippen molar-refractivity contribution in [2.45, 2.75) is 19.2 Å². The van der Waals surface area contributed by atoms with Gasteiger partial charge in [-0.2, -0.15) is 13.2 Å².